The largest absolute Gasteiger partial charge is 0.357 e. The Hall–Kier alpha value is -2.82. The summed E-state index contributed by atoms with van der Waals surface area (Å²) >= 11 is 0. The van der Waals surface area contributed by atoms with Crippen molar-refractivity contribution in [2.45, 2.75) is 20.0 Å². The maximum atomic E-state index is 13.6. The highest BCUT2D eigenvalue weighted by Crippen LogP contribution is 2.14. The minimum Gasteiger partial charge on any atom is -0.357 e. The Morgan fingerprint density at radius 1 is 1.08 bits per heavy atom. The van der Waals surface area contributed by atoms with Crippen LogP contribution in [0, 0.1) is 12.7 Å². The molecular weight excluding hydrogens is 303 g/mol. The van der Waals surface area contributed by atoms with Crippen LogP contribution in [0.5, 0.6) is 0 Å². The number of nitrogens with one attached hydrogen (secondary N) is 3. The fourth-order valence-corrected chi connectivity index (χ4v) is 2.56. The van der Waals surface area contributed by atoms with Crippen molar-refractivity contribution in [1.82, 2.24) is 15.6 Å². The van der Waals surface area contributed by atoms with E-state index in [0.717, 1.165) is 16.8 Å². The fourth-order valence-electron chi connectivity index (χ4n) is 2.56. The van der Waals surface area contributed by atoms with Crippen LogP contribution in [0.2, 0.25) is 0 Å². The molecule has 5 heteroatoms. The second-order valence-corrected chi connectivity index (χ2v) is 5.74. The first-order valence-corrected chi connectivity index (χ1v) is 7.92. The van der Waals surface area contributed by atoms with Crippen LogP contribution in [0.25, 0.3) is 10.9 Å². The number of hydrogen-bond donors (Lipinski definition) is 3. The summed E-state index contributed by atoms with van der Waals surface area (Å²) in [5.41, 5.74) is 3.74. The lowest BCUT2D eigenvalue weighted by Gasteiger charge is -2.11. The van der Waals surface area contributed by atoms with E-state index < -0.39 is 0 Å². The molecule has 1 heterocycles. The topological polar surface area (TPSA) is 52.2 Å². The molecule has 1 aromatic heterocycles. The lowest BCUT2D eigenvalue weighted by Crippen LogP contribution is -2.36. The van der Waals surface area contributed by atoms with E-state index in [4.69, 9.17) is 0 Å². The monoisotopic (exact) mass is 324 g/mol. The summed E-state index contributed by atoms with van der Waals surface area (Å²) in [4.78, 5) is 7.57. The van der Waals surface area contributed by atoms with Gasteiger partial charge in [-0.25, -0.2) is 4.39 Å². The Kier molecular flexibility index (Phi) is 4.79. The minimum atomic E-state index is -0.185. The molecule has 0 spiro atoms. The van der Waals surface area contributed by atoms with Gasteiger partial charge in [0.05, 0.1) is 6.54 Å². The first-order chi connectivity index (χ1) is 11.7. The molecule has 3 aromatic rings. The zero-order chi connectivity index (χ0) is 16.9. The van der Waals surface area contributed by atoms with Crippen molar-refractivity contribution >= 4 is 16.9 Å². The smallest absolute Gasteiger partial charge is 0.191 e. The molecule has 0 amide bonds. The van der Waals surface area contributed by atoms with Crippen molar-refractivity contribution < 1.29 is 4.39 Å². The van der Waals surface area contributed by atoms with Gasteiger partial charge in [-0.05, 0) is 41.6 Å². The number of H-pyrrole nitrogens is 1. The maximum Gasteiger partial charge on any atom is 0.191 e. The number of fused-ring (bicyclic) bond motifs is 1. The molecule has 124 valence electrons. The zero-order valence-corrected chi connectivity index (χ0v) is 13.9. The van der Waals surface area contributed by atoms with E-state index in [1.807, 2.05) is 18.2 Å². The third-order valence-corrected chi connectivity index (χ3v) is 3.95. The van der Waals surface area contributed by atoms with Gasteiger partial charge in [0, 0.05) is 24.8 Å². The summed E-state index contributed by atoms with van der Waals surface area (Å²) in [5.74, 6) is 0.491. The molecule has 0 unspecified atom stereocenters. The summed E-state index contributed by atoms with van der Waals surface area (Å²) in [5, 5.41) is 7.64. The number of aromatic nitrogens is 1. The van der Waals surface area contributed by atoms with Crippen molar-refractivity contribution in [3.8, 4) is 0 Å². The van der Waals surface area contributed by atoms with Crippen molar-refractivity contribution in [3.63, 3.8) is 0 Å². The lowest BCUT2D eigenvalue weighted by atomic mass is 10.1. The Morgan fingerprint density at radius 2 is 1.88 bits per heavy atom. The molecule has 0 fully saturated rings. The molecule has 0 atom stereocenters. The van der Waals surface area contributed by atoms with E-state index in [1.54, 1.807) is 26.1 Å². The third-order valence-electron chi connectivity index (χ3n) is 3.95. The Labute approximate surface area is 140 Å². The van der Waals surface area contributed by atoms with Crippen molar-refractivity contribution in [2.75, 3.05) is 7.05 Å². The van der Waals surface area contributed by atoms with E-state index in [9.17, 15) is 4.39 Å². The average Bonchev–Trinajstić information content (AvgIpc) is 3.01. The van der Waals surface area contributed by atoms with E-state index in [1.165, 1.54) is 5.39 Å². The highest BCUT2D eigenvalue weighted by Gasteiger charge is 2.03. The summed E-state index contributed by atoms with van der Waals surface area (Å²) < 4.78 is 13.6. The Bertz CT molecular complexity index is 834. The highest BCUT2D eigenvalue weighted by atomic mass is 19.1. The van der Waals surface area contributed by atoms with Crippen LogP contribution in [0.3, 0.4) is 0 Å². The van der Waals surface area contributed by atoms with Gasteiger partial charge in [-0.1, -0.05) is 30.3 Å². The van der Waals surface area contributed by atoms with Gasteiger partial charge < -0.3 is 15.6 Å². The minimum absolute atomic E-state index is 0.185. The number of nitrogens with zero attached hydrogens (tertiary/aromatic N) is 1. The van der Waals surface area contributed by atoms with Gasteiger partial charge in [0.2, 0.25) is 0 Å². The number of aryl methyl sites for hydroxylation is 1. The molecule has 24 heavy (non-hydrogen) atoms. The number of hydrogen-bond acceptors (Lipinski definition) is 1. The molecular formula is C19H21FN4. The Balaban J connectivity index is 1.57. The number of rotatable bonds is 4. The molecule has 3 rings (SSSR count). The van der Waals surface area contributed by atoms with E-state index in [-0.39, 0.29) is 5.82 Å². The van der Waals surface area contributed by atoms with Gasteiger partial charge in [-0.15, -0.1) is 0 Å². The molecule has 0 saturated heterocycles. The predicted molar refractivity (Wildman–Crippen MR) is 96.5 cm³/mol. The van der Waals surface area contributed by atoms with E-state index in [0.29, 0.717) is 24.6 Å². The number of para-hydroxylation sites is 1. The normalized spacial score (nSPS) is 11.7. The SMILES string of the molecule is CN=C(NCc1ccc(C)c(F)c1)NCc1cc2ccccc2[nH]1. The van der Waals surface area contributed by atoms with E-state index in [2.05, 4.69) is 38.8 Å². The van der Waals surface area contributed by atoms with Crippen molar-refractivity contribution in [2.24, 2.45) is 4.99 Å². The van der Waals surface area contributed by atoms with Crippen LogP contribution in [0.4, 0.5) is 4.39 Å². The van der Waals surface area contributed by atoms with Gasteiger partial charge in [0.1, 0.15) is 5.82 Å². The van der Waals surface area contributed by atoms with Crippen LogP contribution in [0.15, 0.2) is 53.5 Å². The maximum absolute atomic E-state index is 13.6. The molecule has 0 aliphatic heterocycles. The second kappa shape index (κ2) is 7.17. The molecule has 0 aliphatic rings. The quantitative estimate of drug-likeness (QED) is 0.508. The number of benzene rings is 2. The molecule has 3 N–H and O–H groups in total. The van der Waals surface area contributed by atoms with Crippen molar-refractivity contribution in [3.05, 3.63) is 71.2 Å². The lowest BCUT2D eigenvalue weighted by molar-refractivity contribution is 0.615. The molecule has 0 bridgehead atoms. The number of halogens is 1. The standard InChI is InChI=1S/C19H21FN4/c1-13-7-8-14(9-17(13)20)11-22-19(21-2)23-12-16-10-15-5-3-4-6-18(15)24-16/h3-10,24H,11-12H2,1-2H3,(H2,21,22,23). The zero-order valence-electron chi connectivity index (χ0n) is 13.9. The first kappa shape index (κ1) is 16.1. The first-order valence-electron chi connectivity index (χ1n) is 7.92. The molecule has 4 nitrogen and oxygen atoms in total. The molecule has 0 radical (unpaired) electrons. The molecule has 0 aliphatic carbocycles. The van der Waals surface area contributed by atoms with Gasteiger partial charge in [0.25, 0.3) is 0 Å². The van der Waals surface area contributed by atoms with Gasteiger partial charge >= 0.3 is 0 Å². The van der Waals surface area contributed by atoms with Crippen molar-refractivity contribution in [1.29, 1.82) is 0 Å². The summed E-state index contributed by atoms with van der Waals surface area (Å²) in [6.07, 6.45) is 0. The summed E-state index contributed by atoms with van der Waals surface area (Å²) in [7, 11) is 1.72. The van der Waals surface area contributed by atoms with Crippen LogP contribution in [-0.4, -0.2) is 18.0 Å². The van der Waals surface area contributed by atoms with Crippen LogP contribution >= 0.6 is 0 Å². The highest BCUT2D eigenvalue weighted by molar-refractivity contribution is 5.81. The number of guanidine groups is 1. The third kappa shape index (κ3) is 3.74. The average molecular weight is 324 g/mol. The van der Waals surface area contributed by atoms with Crippen LogP contribution < -0.4 is 10.6 Å². The molecule has 0 saturated carbocycles. The molecule has 2 aromatic carbocycles. The van der Waals surface area contributed by atoms with Gasteiger partial charge in [-0.3, -0.25) is 4.99 Å². The summed E-state index contributed by atoms with van der Waals surface area (Å²) in [6, 6.07) is 15.5. The van der Waals surface area contributed by atoms with E-state index >= 15 is 0 Å². The van der Waals surface area contributed by atoms with Crippen LogP contribution in [-0.2, 0) is 13.1 Å². The number of aliphatic imine (C=N–C) groups is 1. The number of aromatic amines is 1. The predicted octanol–water partition coefficient (Wildman–Crippen LogP) is 3.48. The second-order valence-electron chi connectivity index (χ2n) is 5.74. The Morgan fingerprint density at radius 3 is 2.62 bits per heavy atom. The van der Waals surface area contributed by atoms with Gasteiger partial charge in [0.15, 0.2) is 5.96 Å². The summed E-state index contributed by atoms with van der Waals surface area (Å²) in [6.45, 7) is 2.91. The van der Waals surface area contributed by atoms with Crippen LogP contribution in [0.1, 0.15) is 16.8 Å². The fraction of sp³-hybridized carbons (Fsp3) is 0.211. The van der Waals surface area contributed by atoms with Gasteiger partial charge in [-0.2, -0.15) is 0 Å².